The molecule has 0 radical (unpaired) electrons. The number of Topliss-reactive ketones (excluding diaryl/α,β-unsaturated/α-hetero) is 1. The number of hydrogen-bond donors (Lipinski definition) is 3. The highest BCUT2D eigenvalue weighted by Crippen LogP contribution is 2.39. The number of fused-ring (bicyclic) bond motifs is 1. The van der Waals surface area contributed by atoms with E-state index in [0.717, 1.165) is 0 Å². The van der Waals surface area contributed by atoms with Crippen LogP contribution in [0.5, 0.6) is 23.0 Å². The van der Waals surface area contributed by atoms with E-state index < -0.39 is 5.78 Å². The zero-order valence-corrected chi connectivity index (χ0v) is 10.2. The van der Waals surface area contributed by atoms with Gasteiger partial charge in [0.2, 0.25) is 5.78 Å². The molecule has 0 unspecified atom stereocenters. The van der Waals surface area contributed by atoms with E-state index in [1.165, 1.54) is 30.3 Å². The highest BCUT2D eigenvalue weighted by atomic mass is 16.5. The SMILES string of the molecule is O=C1/C(=C/c2cccc(O)c2O)Oc2c(O)cccc21. The monoisotopic (exact) mass is 270 g/mol. The van der Waals surface area contributed by atoms with Crippen molar-refractivity contribution in [1.82, 2.24) is 0 Å². The van der Waals surface area contributed by atoms with Gasteiger partial charge < -0.3 is 20.1 Å². The van der Waals surface area contributed by atoms with Crippen LogP contribution in [0.25, 0.3) is 6.08 Å². The van der Waals surface area contributed by atoms with Gasteiger partial charge in [-0.3, -0.25) is 4.79 Å². The molecule has 100 valence electrons. The second-order valence-corrected chi connectivity index (χ2v) is 4.31. The third-order valence-electron chi connectivity index (χ3n) is 3.01. The highest BCUT2D eigenvalue weighted by Gasteiger charge is 2.29. The molecule has 2 aromatic carbocycles. The maximum Gasteiger partial charge on any atom is 0.232 e. The summed E-state index contributed by atoms with van der Waals surface area (Å²) in [5.74, 6) is -1.06. The lowest BCUT2D eigenvalue weighted by Gasteiger charge is -2.03. The summed E-state index contributed by atoms with van der Waals surface area (Å²) in [6.45, 7) is 0. The fraction of sp³-hybridized carbons (Fsp3) is 0. The highest BCUT2D eigenvalue weighted by molar-refractivity contribution is 6.15. The van der Waals surface area contributed by atoms with Gasteiger partial charge in [0.25, 0.3) is 0 Å². The topological polar surface area (TPSA) is 87.0 Å². The van der Waals surface area contributed by atoms with E-state index >= 15 is 0 Å². The Balaban J connectivity index is 2.06. The maximum absolute atomic E-state index is 12.1. The van der Waals surface area contributed by atoms with E-state index in [2.05, 4.69) is 0 Å². The molecule has 0 saturated carbocycles. The molecule has 0 bridgehead atoms. The average Bonchev–Trinajstić information content (AvgIpc) is 2.74. The quantitative estimate of drug-likeness (QED) is 0.547. The van der Waals surface area contributed by atoms with E-state index in [0.29, 0.717) is 0 Å². The maximum atomic E-state index is 12.1. The van der Waals surface area contributed by atoms with Crippen molar-refractivity contribution in [1.29, 1.82) is 0 Å². The van der Waals surface area contributed by atoms with Crippen LogP contribution in [-0.2, 0) is 0 Å². The molecule has 0 aromatic heterocycles. The molecule has 3 rings (SSSR count). The Kier molecular flexibility index (Phi) is 2.61. The standard InChI is InChI=1S/C15H10O5/c16-10-5-1-3-8(13(10)18)7-12-14(19)9-4-2-6-11(17)15(9)20-12/h1-7,16-18H/b12-7-. The number of phenols is 3. The lowest BCUT2D eigenvalue weighted by molar-refractivity contribution is 0.101. The predicted molar refractivity (Wildman–Crippen MR) is 70.8 cm³/mol. The minimum atomic E-state index is -0.390. The summed E-state index contributed by atoms with van der Waals surface area (Å²) in [4.78, 5) is 12.1. The number of benzene rings is 2. The van der Waals surface area contributed by atoms with Gasteiger partial charge in [-0.1, -0.05) is 18.2 Å². The van der Waals surface area contributed by atoms with E-state index in [1.54, 1.807) is 12.1 Å². The van der Waals surface area contributed by atoms with Crippen molar-refractivity contribution < 1.29 is 24.9 Å². The Bertz CT molecular complexity index is 746. The van der Waals surface area contributed by atoms with Gasteiger partial charge in [0, 0.05) is 5.56 Å². The van der Waals surface area contributed by atoms with Gasteiger partial charge in [-0.2, -0.15) is 0 Å². The Morgan fingerprint density at radius 3 is 2.40 bits per heavy atom. The number of ether oxygens (including phenoxy) is 1. The van der Waals surface area contributed by atoms with Crippen molar-refractivity contribution in [3.63, 3.8) is 0 Å². The molecule has 0 spiro atoms. The molecule has 5 nitrogen and oxygen atoms in total. The Morgan fingerprint density at radius 1 is 0.950 bits per heavy atom. The minimum Gasteiger partial charge on any atom is -0.504 e. The number of carbonyl (C=O) groups is 1. The third-order valence-corrected chi connectivity index (χ3v) is 3.01. The minimum absolute atomic E-state index is 0.0256. The van der Waals surface area contributed by atoms with Crippen molar-refractivity contribution in [3.05, 3.63) is 53.3 Å². The third kappa shape index (κ3) is 1.76. The second kappa shape index (κ2) is 4.31. The summed E-state index contributed by atoms with van der Waals surface area (Å²) in [6, 6.07) is 8.90. The molecule has 1 heterocycles. The first-order valence-corrected chi connectivity index (χ1v) is 5.85. The van der Waals surface area contributed by atoms with E-state index in [9.17, 15) is 20.1 Å². The number of ketones is 1. The van der Waals surface area contributed by atoms with Gasteiger partial charge in [0.1, 0.15) is 0 Å². The van der Waals surface area contributed by atoms with Gasteiger partial charge in [0.15, 0.2) is 28.8 Å². The first kappa shape index (κ1) is 12.1. The molecule has 0 fully saturated rings. The molecule has 1 aliphatic rings. The number of allylic oxidation sites excluding steroid dienone is 1. The molecule has 0 atom stereocenters. The molecule has 0 saturated heterocycles. The van der Waals surface area contributed by atoms with Gasteiger partial charge in [-0.05, 0) is 24.3 Å². The Labute approximate surface area is 114 Å². The fourth-order valence-electron chi connectivity index (χ4n) is 2.00. The van der Waals surface area contributed by atoms with Crippen LogP contribution >= 0.6 is 0 Å². The van der Waals surface area contributed by atoms with Gasteiger partial charge in [-0.25, -0.2) is 0 Å². The normalized spacial score (nSPS) is 15.2. The van der Waals surface area contributed by atoms with E-state index in [1.807, 2.05) is 0 Å². The second-order valence-electron chi connectivity index (χ2n) is 4.31. The van der Waals surface area contributed by atoms with Crippen LogP contribution in [-0.4, -0.2) is 21.1 Å². The van der Waals surface area contributed by atoms with Crippen LogP contribution in [0.4, 0.5) is 0 Å². The number of para-hydroxylation sites is 2. The molecular weight excluding hydrogens is 260 g/mol. The molecule has 0 aliphatic carbocycles. The van der Waals surface area contributed by atoms with Crippen LogP contribution in [0.3, 0.4) is 0 Å². The van der Waals surface area contributed by atoms with Gasteiger partial charge in [-0.15, -0.1) is 0 Å². The lowest BCUT2D eigenvalue weighted by atomic mass is 10.1. The number of hydrogen-bond acceptors (Lipinski definition) is 5. The van der Waals surface area contributed by atoms with Gasteiger partial charge >= 0.3 is 0 Å². The first-order chi connectivity index (χ1) is 9.58. The van der Waals surface area contributed by atoms with Crippen LogP contribution in [0, 0.1) is 0 Å². The van der Waals surface area contributed by atoms with Crippen molar-refractivity contribution in [2.24, 2.45) is 0 Å². The lowest BCUT2D eigenvalue weighted by Crippen LogP contribution is -1.98. The predicted octanol–water partition coefficient (Wildman–Crippen LogP) is 2.42. The van der Waals surface area contributed by atoms with E-state index in [4.69, 9.17) is 4.74 Å². The Hall–Kier alpha value is -2.95. The molecule has 1 aliphatic heterocycles. The smallest absolute Gasteiger partial charge is 0.232 e. The van der Waals surface area contributed by atoms with Crippen LogP contribution in [0.15, 0.2) is 42.2 Å². The summed E-state index contributed by atoms with van der Waals surface area (Å²) in [5, 5.41) is 28.8. The Morgan fingerprint density at radius 2 is 1.65 bits per heavy atom. The van der Waals surface area contributed by atoms with E-state index in [-0.39, 0.29) is 39.9 Å². The molecule has 3 N–H and O–H groups in total. The average molecular weight is 270 g/mol. The number of aromatic hydroxyl groups is 3. The number of rotatable bonds is 1. The summed E-state index contributed by atoms with van der Waals surface area (Å²) in [6.07, 6.45) is 1.32. The zero-order chi connectivity index (χ0) is 14.3. The summed E-state index contributed by atoms with van der Waals surface area (Å²) < 4.78 is 5.32. The first-order valence-electron chi connectivity index (χ1n) is 5.85. The van der Waals surface area contributed by atoms with Crippen molar-refractivity contribution >= 4 is 11.9 Å². The molecule has 20 heavy (non-hydrogen) atoms. The summed E-state index contributed by atoms with van der Waals surface area (Å²) >= 11 is 0. The molecule has 0 amide bonds. The van der Waals surface area contributed by atoms with Crippen LogP contribution < -0.4 is 4.74 Å². The fourth-order valence-corrected chi connectivity index (χ4v) is 2.00. The summed E-state index contributed by atoms with van der Waals surface area (Å²) in [7, 11) is 0. The van der Waals surface area contributed by atoms with Crippen molar-refractivity contribution in [3.8, 4) is 23.0 Å². The van der Waals surface area contributed by atoms with Crippen molar-refractivity contribution in [2.45, 2.75) is 0 Å². The molecule has 5 heteroatoms. The van der Waals surface area contributed by atoms with Gasteiger partial charge in [0.05, 0.1) is 5.56 Å². The number of phenolic OH excluding ortho intramolecular Hbond substituents is 3. The van der Waals surface area contributed by atoms with Crippen LogP contribution in [0.1, 0.15) is 15.9 Å². The number of carbonyl (C=O) groups excluding carboxylic acids is 1. The molecular formula is C15H10O5. The largest absolute Gasteiger partial charge is 0.504 e. The zero-order valence-electron chi connectivity index (χ0n) is 10.2. The van der Waals surface area contributed by atoms with Crippen molar-refractivity contribution in [2.75, 3.05) is 0 Å². The molecule has 2 aromatic rings. The van der Waals surface area contributed by atoms with Crippen LogP contribution in [0.2, 0.25) is 0 Å². The summed E-state index contributed by atoms with van der Waals surface area (Å²) in [5.41, 5.74) is 0.511.